The van der Waals surface area contributed by atoms with Crippen molar-refractivity contribution in [2.24, 2.45) is 0 Å². The normalized spacial score (nSPS) is 22.1. The van der Waals surface area contributed by atoms with Crippen LogP contribution in [-0.2, 0) is 4.79 Å². The molecule has 2 nitrogen and oxygen atoms in total. The van der Waals surface area contributed by atoms with Gasteiger partial charge in [0.25, 0.3) is 0 Å². The predicted octanol–water partition coefficient (Wildman–Crippen LogP) is 1.84. The third kappa shape index (κ3) is 3.16. The van der Waals surface area contributed by atoms with Crippen molar-refractivity contribution in [3.63, 3.8) is 0 Å². The molecule has 0 aromatic rings. The van der Waals surface area contributed by atoms with E-state index in [0.717, 1.165) is 6.42 Å². The topological polar surface area (TPSA) is 20.3 Å². The highest BCUT2D eigenvalue weighted by Gasteiger charge is 2.25. The Hall–Kier alpha value is -0.810. The maximum Gasteiger partial charge on any atom is 0.202 e. The summed E-state index contributed by atoms with van der Waals surface area (Å²) in [6.07, 6.45) is 3.34. The maximum absolute atomic E-state index is 10.6. The fourth-order valence-corrected chi connectivity index (χ4v) is 2.05. The van der Waals surface area contributed by atoms with E-state index in [1.807, 2.05) is 0 Å². The second-order valence-electron chi connectivity index (χ2n) is 4.19. The summed E-state index contributed by atoms with van der Waals surface area (Å²) in [5.41, 5.74) is 0. The molecule has 14 heavy (non-hydrogen) atoms. The Labute approximate surface area is 86.7 Å². The van der Waals surface area contributed by atoms with Crippen LogP contribution in [0.5, 0.6) is 0 Å². The Morgan fingerprint density at radius 3 is 2.86 bits per heavy atom. The van der Waals surface area contributed by atoms with Gasteiger partial charge in [0.2, 0.25) is 5.78 Å². The van der Waals surface area contributed by atoms with E-state index in [0.29, 0.717) is 12.1 Å². The van der Waals surface area contributed by atoms with Gasteiger partial charge < -0.3 is 0 Å². The molecule has 1 aliphatic heterocycles. The van der Waals surface area contributed by atoms with Crippen LogP contribution in [0.4, 0.5) is 0 Å². The molecule has 0 aromatic carbocycles. The molecule has 1 aliphatic rings. The van der Waals surface area contributed by atoms with E-state index in [-0.39, 0.29) is 5.78 Å². The van der Waals surface area contributed by atoms with Crippen molar-refractivity contribution in [1.29, 1.82) is 0 Å². The molecule has 0 unspecified atom stereocenters. The van der Waals surface area contributed by atoms with Gasteiger partial charge in [-0.15, -0.1) is 0 Å². The van der Waals surface area contributed by atoms with Crippen molar-refractivity contribution in [2.75, 3.05) is 6.54 Å². The van der Waals surface area contributed by atoms with Gasteiger partial charge in [-0.3, -0.25) is 9.69 Å². The first-order valence-corrected chi connectivity index (χ1v) is 5.36. The lowest BCUT2D eigenvalue weighted by Crippen LogP contribution is -2.35. The monoisotopic (exact) mass is 193 g/mol. The number of rotatable bonds is 2. The Kier molecular flexibility index (Phi) is 4.16. The molecule has 0 aromatic heterocycles. The fourth-order valence-electron chi connectivity index (χ4n) is 2.05. The van der Waals surface area contributed by atoms with Crippen LogP contribution in [0, 0.1) is 11.8 Å². The molecule has 0 saturated carbocycles. The summed E-state index contributed by atoms with van der Waals surface area (Å²) in [5.74, 6) is 5.56. The molecular formula is C12H19NO. The van der Waals surface area contributed by atoms with Gasteiger partial charge in [0.15, 0.2) is 0 Å². The van der Waals surface area contributed by atoms with Gasteiger partial charge in [-0.2, -0.15) is 0 Å². The summed E-state index contributed by atoms with van der Waals surface area (Å²) in [7, 11) is 0. The molecule has 0 N–H and O–H groups in total. The number of Topliss-reactive ketones (excluding diaryl/α,β-unsaturated/α-hetero) is 1. The second-order valence-corrected chi connectivity index (χ2v) is 4.19. The summed E-state index contributed by atoms with van der Waals surface area (Å²) < 4.78 is 0. The first kappa shape index (κ1) is 11.3. The summed E-state index contributed by atoms with van der Waals surface area (Å²) in [6.45, 7) is 7.14. The van der Waals surface area contributed by atoms with Gasteiger partial charge in [-0.05, 0) is 39.2 Å². The number of ketones is 1. The molecule has 1 atom stereocenters. The van der Waals surface area contributed by atoms with Crippen molar-refractivity contribution in [3.05, 3.63) is 0 Å². The molecule has 0 amide bonds. The standard InChI is InChI=1S/C12H19NO/c1-10(2)13-9-5-8-12(13)7-4-6-11(3)14/h10,12H,5,7-9H2,1-3H3/t12-/m1/s1. The van der Waals surface area contributed by atoms with Gasteiger partial charge in [0.05, 0.1) is 0 Å². The largest absolute Gasteiger partial charge is 0.297 e. The summed E-state index contributed by atoms with van der Waals surface area (Å²) in [6, 6.07) is 1.17. The molecule has 1 heterocycles. The highest BCUT2D eigenvalue weighted by molar-refractivity contribution is 5.93. The molecule has 0 bridgehead atoms. The lowest BCUT2D eigenvalue weighted by molar-refractivity contribution is -0.111. The van der Waals surface area contributed by atoms with Gasteiger partial charge in [0.1, 0.15) is 0 Å². The molecule has 78 valence electrons. The number of likely N-dealkylation sites (tertiary alicyclic amines) is 1. The Morgan fingerprint density at radius 1 is 1.57 bits per heavy atom. The Morgan fingerprint density at radius 2 is 2.29 bits per heavy atom. The molecule has 1 rings (SSSR count). The number of carbonyl (C=O) groups is 1. The summed E-state index contributed by atoms with van der Waals surface area (Å²) in [5, 5.41) is 0. The van der Waals surface area contributed by atoms with Crippen LogP contribution >= 0.6 is 0 Å². The molecule has 1 fully saturated rings. The number of carbonyl (C=O) groups excluding carboxylic acids is 1. The molecular weight excluding hydrogens is 174 g/mol. The number of nitrogens with zero attached hydrogens (tertiary/aromatic N) is 1. The Balaban J connectivity index is 2.45. The van der Waals surface area contributed by atoms with Crippen LogP contribution in [0.2, 0.25) is 0 Å². The van der Waals surface area contributed by atoms with E-state index in [9.17, 15) is 4.79 Å². The van der Waals surface area contributed by atoms with Crippen LogP contribution in [-0.4, -0.2) is 29.3 Å². The van der Waals surface area contributed by atoms with E-state index in [1.165, 1.54) is 26.3 Å². The zero-order chi connectivity index (χ0) is 10.6. The number of hydrogen-bond donors (Lipinski definition) is 0. The highest BCUT2D eigenvalue weighted by Crippen LogP contribution is 2.21. The minimum Gasteiger partial charge on any atom is -0.297 e. The van der Waals surface area contributed by atoms with E-state index in [4.69, 9.17) is 0 Å². The predicted molar refractivity (Wildman–Crippen MR) is 57.9 cm³/mol. The molecule has 0 radical (unpaired) electrons. The van der Waals surface area contributed by atoms with Crippen LogP contribution in [0.15, 0.2) is 0 Å². The van der Waals surface area contributed by atoms with Crippen molar-refractivity contribution in [3.8, 4) is 11.8 Å². The fraction of sp³-hybridized carbons (Fsp3) is 0.750. The highest BCUT2D eigenvalue weighted by atomic mass is 16.1. The van der Waals surface area contributed by atoms with Gasteiger partial charge >= 0.3 is 0 Å². The van der Waals surface area contributed by atoms with Crippen LogP contribution in [0.1, 0.15) is 40.0 Å². The lowest BCUT2D eigenvalue weighted by atomic mass is 10.1. The molecule has 1 saturated heterocycles. The average molecular weight is 193 g/mol. The van der Waals surface area contributed by atoms with Crippen molar-refractivity contribution < 1.29 is 4.79 Å². The number of hydrogen-bond acceptors (Lipinski definition) is 2. The lowest BCUT2D eigenvalue weighted by Gasteiger charge is -2.26. The molecule has 0 spiro atoms. The summed E-state index contributed by atoms with van der Waals surface area (Å²) >= 11 is 0. The van der Waals surface area contributed by atoms with Gasteiger partial charge in [0, 0.05) is 25.4 Å². The second kappa shape index (κ2) is 5.17. The van der Waals surface area contributed by atoms with E-state index in [2.05, 4.69) is 30.6 Å². The average Bonchev–Trinajstić information content (AvgIpc) is 2.51. The zero-order valence-corrected chi connectivity index (χ0v) is 9.34. The minimum atomic E-state index is -0.0286. The van der Waals surface area contributed by atoms with Gasteiger partial charge in [-0.1, -0.05) is 5.92 Å². The summed E-state index contributed by atoms with van der Waals surface area (Å²) in [4.78, 5) is 13.1. The van der Waals surface area contributed by atoms with Crippen molar-refractivity contribution in [2.45, 2.75) is 52.1 Å². The Bertz CT molecular complexity index is 259. The van der Waals surface area contributed by atoms with Crippen LogP contribution in [0.25, 0.3) is 0 Å². The van der Waals surface area contributed by atoms with Crippen molar-refractivity contribution >= 4 is 5.78 Å². The van der Waals surface area contributed by atoms with Crippen molar-refractivity contribution in [1.82, 2.24) is 4.90 Å². The van der Waals surface area contributed by atoms with Crippen LogP contribution < -0.4 is 0 Å². The quantitative estimate of drug-likeness (QED) is 0.492. The molecule has 0 aliphatic carbocycles. The third-order valence-corrected chi connectivity index (χ3v) is 2.69. The first-order valence-electron chi connectivity index (χ1n) is 5.36. The first-order chi connectivity index (χ1) is 6.61. The SMILES string of the molecule is CC(=O)C#CC[C@@H]1CCCN1C(C)C. The molecule has 2 heteroatoms. The van der Waals surface area contributed by atoms with E-state index in [1.54, 1.807) is 0 Å². The van der Waals surface area contributed by atoms with Gasteiger partial charge in [-0.25, -0.2) is 0 Å². The zero-order valence-electron chi connectivity index (χ0n) is 9.34. The van der Waals surface area contributed by atoms with E-state index < -0.39 is 0 Å². The minimum absolute atomic E-state index is 0.0286. The van der Waals surface area contributed by atoms with Crippen LogP contribution in [0.3, 0.4) is 0 Å². The van der Waals surface area contributed by atoms with E-state index >= 15 is 0 Å². The third-order valence-electron chi connectivity index (χ3n) is 2.69. The smallest absolute Gasteiger partial charge is 0.202 e. The maximum atomic E-state index is 10.6.